The van der Waals surface area contributed by atoms with E-state index in [4.69, 9.17) is 5.11 Å². The number of carboxylic acid groups (broad SMARTS) is 1. The normalized spacial score (nSPS) is 10.8. The monoisotopic (exact) mass is 270 g/mol. The SMILES string of the molecule is O=C(O)c1cccc2c1ncn2Cc1cccc(F)c1. The van der Waals surface area contributed by atoms with Gasteiger partial charge >= 0.3 is 5.97 Å². The standard InChI is InChI=1S/C15H11FN2O2/c16-11-4-1-3-10(7-11)8-18-9-17-14-12(15(19)20)5-2-6-13(14)18/h1-7,9H,8H2,(H,19,20). The zero-order valence-corrected chi connectivity index (χ0v) is 10.5. The molecule has 0 saturated carbocycles. The Bertz CT molecular complexity index is 795. The molecule has 4 nitrogen and oxygen atoms in total. The number of hydrogen-bond donors (Lipinski definition) is 1. The molecule has 1 aromatic heterocycles. The lowest BCUT2D eigenvalue weighted by molar-refractivity contribution is 0.0699. The first-order valence-electron chi connectivity index (χ1n) is 6.07. The Morgan fingerprint density at radius 2 is 2.05 bits per heavy atom. The number of rotatable bonds is 3. The van der Waals surface area contributed by atoms with Gasteiger partial charge in [0, 0.05) is 6.54 Å². The van der Waals surface area contributed by atoms with E-state index in [-0.39, 0.29) is 11.4 Å². The van der Waals surface area contributed by atoms with Gasteiger partial charge in [-0.15, -0.1) is 0 Å². The Balaban J connectivity index is 2.05. The van der Waals surface area contributed by atoms with Gasteiger partial charge in [0.1, 0.15) is 11.3 Å². The Morgan fingerprint density at radius 3 is 2.80 bits per heavy atom. The minimum absolute atomic E-state index is 0.167. The van der Waals surface area contributed by atoms with E-state index in [9.17, 15) is 9.18 Å². The molecule has 1 heterocycles. The van der Waals surface area contributed by atoms with E-state index in [1.807, 2.05) is 6.07 Å². The van der Waals surface area contributed by atoms with Gasteiger partial charge in [0.25, 0.3) is 0 Å². The van der Waals surface area contributed by atoms with E-state index < -0.39 is 5.97 Å². The van der Waals surface area contributed by atoms with Gasteiger partial charge in [-0.2, -0.15) is 0 Å². The van der Waals surface area contributed by atoms with Gasteiger partial charge in [-0.3, -0.25) is 0 Å². The summed E-state index contributed by atoms with van der Waals surface area (Å²) in [4.78, 5) is 15.3. The molecule has 0 fully saturated rings. The van der Waals surface area contributed by atoms with Crippen LogP contribution in [0.3, 0.4) is 0 Å². The molecule has 1 N–H and O–H groups in total. The summed E-state index contributed by atoms with van der Waals surface area (Å²) in [5, 5.41) is 9.12. The van der Waals surface area contributed by atoms with Crippen LogP contribution in [0.4, 0.5) is 4.39 Å². The van der Waals surface area contributed by atoms with Crippen molar-refractivity contribution < 1.29 is 14.3 Å². The second-order valence-corrected chi connectivity index (χ2v) is 4.48. The number of halogens is 1. The summed E-state index contributed by atoms with van der Waals surface area (Å²) in [5.74, 6) is -1.30. The van der Waals surface area contributed by atoms with Gasteiger partial charge in [0.05, 0.1) is 17.4 Å². The lowest BCUT2D eigenvalue weighted by atomic mass is 10.2. The molecule has 3 aromatic rings. The van der Waals surface area contributed by atoms with Crippen LogP contribution in [0.25, 0.3) is 11.0 Å². The van der Waals surface area contributed by atoms with E-state index >= 15 is 0 Å². The third kappa shape index (κ3) is 2.14. The molecule has 0 bridgehead atoms. The molecule has 0 amide bonds. The fourth-order valence-electron chi connectivity index (χ4n) is 2.22. The van der Waals surface area contributed by atoms with Crippen molar-refractivity contribution in [2.24, 2.45) is 0 Å². The first kappa shape index (κ1) is 12.3. The minimum Gasteiger partial charge on any atom is -0.478 e. The number of para-hydroxylation sites is 1. The maximum atomic E-state index is 13.2. The van der Waals surface area contributed by atoms with E-state index in [1.54, 1.807) is 29.1 Å². The van der Waals surface area contributed by atoms with E-state index in [1.165, 1.54) is 18.2 Å². The van der Waals surface area contributed by atoms with Crippen LogP contribution in [-0.2, 0) is 6.54 Å². The van der Waals surface area contributed by atoms with Crippen LogP contribution in [0.5, 0.6) is 0 Å². The fraction of sp³-hybridized carbons (Fsp3) is 0.0667. The Morgan fingerprint density at radius 1 is 1.25 bits per heavy atom. The Kier molecular flexibility index (Phi) is 2.95. The van der Waals surface area contributed by atoms with Crippen molar-refractivity contribution in [3.63, 3.8) is 0 Å². The molecule has 3 rings (SSSR count). The van der Waals surface area contributed by atoms with E-state index in [2.05, 4.69) is 4.98 Å². The molecule has 0 aliphatic carbocycles. The smallest absolute Gasteiger partial charge is 0.337 e. The Hall–Kier alpha value is -2.69. The number of carbonyl (C=O) groups is 1. The number of aromatic nitrogens is 2. The van der Waals surface area contributed by atoms with Crippen LogP contribution in [0, 0.1) is 5.82 Å². The van der Waals surface area contributed by atoms with Crippen LogP contribution < -0.4 is 0 Å². The second kappa shape index (κ2) is 4.77. The first-order valence-corrected chi connectivity index (χ1v) is 6.07. The van der Waals surface area contributed by atoms with Crippen LogP contribution in [0.1, 0.15) is 15.9 Å². The first-order chi connectivity index (χ1) is 9.65. The lowest BCUT2D eigenvalue weighted by Gasteiger charge is -2.05. The summed E-state index contributed by atoms with van der Waals surface area (Å²) in [7, 11) is 0. The zero-order chi connectivity index (χ0) is 14.1. The lowest BCUT2D eigenvalue weighted by Crippen LogP contribution is -2.00. The topological polar surface area (TPSA) is 55.1 Å². The maximum absolute atomic E-state index is 13.2. The van der Waals surface area contributed by atoms with Crippen molar-refractivity contribution in [1.29, 1.82) is 0 Å². The van der Waals surface area contributed by atoms with E-state index in [0.717, 1.165) is 5.56 Å². The van der Waals surface area contributed by atoms with Crippen LogP contribution >= 0.6 is 0 Å². The number of fused-ring (bicyclic) bond motifs is 1. The van der Waals surface area contributed by atoms with Gasteiger partial charge in [-0.1, -0.05) is 18.2 Å². The van der Waals surface area contributed by atoms with E-state index in [0.29, 0.717) is 17.6 Å². The highest BCUT2D eigenvalue weighted by Gasteiger charge is 2.12. The second-order valence-electron chi connectivity index (χ2n) is 4.48. The number of benzene rings is 2. The van der Waals surface area contributed by atoms with Crippen LogP contribution in [0.2, 0.25) is 0 Å². The van der Waals surface area contributed by atoms with Gasteiger partial charge in [0.15, 0.2) is 0 Å². The molecule has 0 aliphatic heterocycles. The van der Waals surface area contributed by atoms with Gasteiger partial charge in [-0.05, 0) is 29.8 Å². The molecular formula is C15H11FN2O2. The summed E-state index contributed by atoms with van der Waals surface area (Å²) in [6, 6.07) is 11.3. The fourth-order valence-corrected chi connectivity index (χ4v) is 2.22. The van der Waals surface area contributed by atoms with Gasteiger partial charge in [0.2, 0.25) is 0 Å². The number of imidazole rings is 1. The average Bonchev–Trinajstić information content (AvgIpc) is 2.82. The molecule has 0 atom stereocenters. The number of carboxylic acids is 1. The molecule has 0 saturated heterocycles. The Labute approximate surface area is 114 Å². The molecule has 20 heavy (non-hydrogen) atoms. The largest absolute Gasteiger partial charge is 0.478 e. The molecule has 2 aromatic carbocycles. The predicted molar refractivity (Wildman–Crippen MR) is 72.2 cm³/mol. The summed E-state index contributed by atoms with van der Waals surface area (Å²) < 4.78 is 15.0. The molecular weight excluding hydrogens is 259 g/mol. The van der Waals surface area contributed by atoms with Gasteiger partial charge < -0.3 is 9.67 Å². The van der Waals surface area contributed by atoms with Crippen molar-refractivity contribution >= 4 is 17.0 Å². The van der Waals surface area contributed by atoms with Crippen molar-refractivity contribution in [2.75, 3.05) is 0 Å². The average molecular weight is 270 g/mol. The van der Waals surface area contributed by atoms with Crippen LogP contribution in [0.15, 0.2) is 48.8 Å². The minimum atomic E-state index is -1.01. The molecule has 0 spiro atoms. The third-order valence-corrected chi connectivity index (χ3v) is 3.12. The van der Waals surface area contributed by atoms with Gasteiger partial charge in [-0.25, -0.2) is 14.2 Å². The molecule has 0 radical (unpaired) electrons. The van der Waals surface area contributed by atoms with Crippen molar-refractivity contribution in [3.05, 3.63) is 65.7 Å². The molecule has 0 aliphatic rings. The summed E-state index contributed by atoms with van der Waals surface area (Å²) in [6.07, 6.45) is 1.57. The zero-order valence-electron chi connectivity index (χ0n) is 10.5. The molecule has 0 unspecified atom stereocenters. The molecule has 5 heteroatoms. The highest BCUT2D eigenvalue weighted by atomic mass is 19.1. The predicted octanol–water partition coefficient (Wildman–Crippen LogP) is 2.92. The number of nitrogens with zero attached hydrogens (tertiary/aromatic N) is 2. The van der Waals surface area contributed by atoms with Crippen molar-refractivity contribution in [3.8, 4) is 0 Å². The number of hydrogen-bond acceptors (Lipinski definition) is 2. The summed E-state index contributed by atoms with van der Waals surface area (Å²) in [6.45, 7) is 0.442. The highest BCUT2D eigenvalue weighted by molar-refractivity contribution is 6.00. The quantitative estimate of drug-likeness (QED) is 0.796. The molecule has 100 valence electrons. The number of aromatic carboxylic acids is 1. The summed E-state index contributed by atoms with van der Waals surface area (Å²) in [5.41, 5.74) is 2.12. The summed E-state index contributed by atoms with van der Waals surface area (Å²) >= 11 is 0. The van der Waals surface area contributed by atoms with Crippen LogP contribution in [-0.4, -0.2) is 20.6 Å². The maximum Gasteiger partial charge on any atom is 0.337 e. The third-order valence-electron chi connectivity index (χ3n) is 3.12. The highest BCUT2D eigenvalue weighted by Crippen LogP contribution is 2.19. The van der Waals surface area contributed by atoms with Crippen molar-refractivity contribution in [2.45, 2.75) is 6.54 Å². The van der Waals surface area contributed by atoms with Crippen molar-refractivity contribution in [1.82, 2.24) is 9.55 Å².